The molecule has 2 fully saturated rings. The Balaban J connectivity index is 1.36. The molecule has 0 saturated carbocycles. The predicted molar refractivity (Wildman–Crippen MR) is 121 cm³/mol. The molecule has 4 heteroatoms. The Bertz CT molecular complexity index is 813. The largest absolute Gasteiger partial charge is 0.296 e. The van der Waals surface area contributed by atoms with Crippen LogP contribution in [0, 0.1) is 11.8 Å². The molecule has 0 aromatic heterocycles. The van der Waals surface area contributed by atoms with Crippen LogP contribution in [0.1, 0.15) is 47.4 Å². The Morgan fingerprint density at radius 1 is 0.700 bits per heavy atom. The third-order valence-electron chi connectivity index (χ3n) is 6.50. The molecular weight excluding hydrogens is 372 g/mol. The van der Waals surface area contributed by atoms with E-state index in [1.165, 1.54) is 12.8 Å². The van der Waals surface area contributed by atoms with E-state index in [1.54, 1.807) is 0 Å². The number of likely N-dealkylation sites (tertiary alicyclic amines) is 2. The molecule has 30 heavy (non-hydrogen) atoms. The van der Waals surface area contributed by atoms with Gasteiger partial charge in [-0.3, -0.25) is 19.4 Å². The molecule has 2 unspecified atom stereocenters. The first-order chi connectivity index (χ1) is 14.5. The van der Waals surface area contributed by atoms with Gasteiger partial charge in [-0.1, -0.05) is 62.4 Å². The number of nitrogens with zero attached hydrogens (tertiary/aromatic N) is 2. The molecular formula is C26H32N2O2. The van der Waals surface area contributed by atoms with Gasteiger partial charge in [-0.25, -0.2) is 0 Å². The van der Waals surface area contributed by atoms with Crippen molar-refractivity contribution in [3.8, 4) is 11.1 Å². The Hall–Kier alpha value is -2.30. The van der Waals surface area contributed by atoms with Gasteiger partial charge in [0, 0.05) is 24.2 Å². The van der Waals surface area contributed by atoms with Gasteiger partial charge in [0.1, 0.15) is 0 Å². The van der Waals surface area contributed by atoms with E-state index in [0.717, 1.165) is 48.4 Å². The van der Waals surface area contributed by atoms with Crippen LogP contribution in [-0.2, 0) is 0 Å². The number of rotatable bonds is 7. The molecule has 2 saturated heterocycles. The second kappa shape index (κ2) is 9.23. The van der Waals surface area contributed by atoms with Gasteiger partial charge in [0.2, 0.25) is 0 Å². The lowest BCUT2D eigenvalue weighted by Gasteiger charge is -2.14. The van der Waals surface area contributed by atoms with E-state index in [-0.39, 0.29) is 11.6 Å². The first kappa shape index (κ1) is 21.0. The molecule has 0 spiro atoms. The molecule has 0 N–H and O–H groups in total. The molecule has 2 aliphatic rings. The van der Waals surface area contributed by atoms with E-state index < -0.39 is 0 Å². The topological polar surface area (TPSA) is 40.6 Å². The van der Waals surface area contributed by atoms with E-state index in [4.69, 9.17) is 0 Å². The summed E-state index contributed by atoms with van der Waals surface area (Å²) in [6, 6.07) is 15.7. The summed E-state index contributed by atoms with van der Waals surface area (Å²) in [4.78, 5) is 29.6. The highest BCUT2D eigenvalue weighted by Gasteiger charge is 2.22. The number of carbonyl (C=O) groups is 2. The van der Waals surface area contributed by atoms with Gasteiger partial charge in [0.15, 0.2) is 11.6 Å². The lowest BCUT2D eigenvalue weighted by molar-refractivity contribution is 0.0936. The third kappa shape index (κ3) is 5.05. The summed E-state index contributed by atoms with van der Waals surface area (Å²) in [5, 5.41) is 0. The van der Waals surface area contributed by atoms with Crippen LogP contribution in [0.3, 0.4) is 0 Å². The van der Waals surface area contributed by atoms with Crippen LogP contribution in [0.2, 0.25) is 0 Å². The average Bonchev–Trinajstić information content (AvgIpc) is 3.35. The van der Waals surface area contributed by atoms with Crippen molar-refractivity contribution in [2.24, 2.45) is 11.8 Å². The van der Waals surface area contributed by atoms with Gasteiger partial charge in [-0.15, -0.1) is 0 Å². The summed E-state index contributed by atoms with van der Waals surface area (Å²) in [6.45, 7) is 9.58. The summed E-state index contributed by atoms with van der Waals surface area (Å²) >= 11 is 0. The highest BCUT2D eigenvalue weighted by Crippen LogP contribution is 2.22. The predicted octanol–water partition coefficient (Wildman–Crippen LogP) is 4.40. The Morgan fingerprint density at radius 3 is 1.37 bits per heavy atom. The molecule has 4 rings (SSSR count). The molecule has 158 valence electrons. The van der Waals surface area contributed by atoms with Crippen LogP contribution in [0.25, 0.3) is 11.1 Å². The van der Waals surface area contributed by atoms with Crippen molar-refractivity contribution in [1.29, 1.82) is 0 Å². The number of benzene rings is 2. The van der Waals surface area contributed by atoms with E-state index in [0.29, 0.717) is 24.9 Å². The van der Waals surface area contributed by atoms with Crippen LogP contribution in [0.4, 0.5) is 0 Å². The first-order valence-corrected chi connectivity index (χ1v) is 11.2. The second-order valence-corrected chi connectivity index (χ2v) is 9.26. The van der Waals surface area contributed by atoms with Crippen molar-refractivity contribution in [2.45, 2.75) is 26.7 Å². The Morgan fingerprint density at radius 2 is 1.07 bits per heavy atom. The number of hydrogen-bond donors (Lipinski definition) is 0. The quantitative estimate of drug-likeness (QED) is 0.641. The van der Waals surface area contributed by atoms with Crippen LogP contribution in [0.5, 0.6) is 0 Å². The second-order valence-electron chi connectivity index (χ2n) is 9.26. The number of Topliss-reactive ketones (excluding diaryl/α,β-unsaturated/α-hetero) is 2. The van der Waals surface area contributed by atoms with E-state index >= 15 is 0 Å². The zero-order valence-corrected chi connectivity index (χ0v) is 18.1. The fourth-order valence-electron chi connectivity index (χ4n) is 4.63. The summed E-state index contributed by atoms with van der Waals surface area (Å²) in [7, 11) is 0. The minimum Gasteiger partial charge on any atom is -0.296 e. The number of carbonyl (C=O) groups excluding carboxylic acids is 2. The van der Waals surface area contributed by atoms with Crippen LogP contribution in [-0.4, -0.2) is 60.6 Å². The highest BCUT2D eigenvalue weighted by molar-refractivity contribution is 5.99. The van der Waals surface area contributed by atoms with Gasteiger partial charge in [0.05, 0.1) is 13.1 Å². The SMILES string of the molecule is CC1CCN(CC(=O)c2ccc(-c3ccc(C(=O)CN4CCC(C)C4)cc3)cc2)C1. The summed E-state index contributed by atoms with van der Waals surface area (Å²) in [5.41, 5.74) is 3.66. The van der Waals surface area contributed by atoms with Crippen molar-refractivity contribution < 1.29 is 9.59 Å². The molecule has 0 bridgehead atoms. The fourth-order valence-corrected chi connectivity index (χ4v) is 4.63. The van der Waals surface area contributed by atoms with Crippen molar-refractivity contribution >= 4 is 11.6 Å². The van der Waals surface area contributed by atoms with Crippen LogP contribution in [0.15, 0.2) is 48.5 Å². The van der Waals surface area contributed by atoms with Crippen LogP contribution < -0.4 is 0 Å². The average molecular weight is 405 g/mol. The zero-order chi connectivity index (χ0) is 21.1. The summed E-state index contributed by atoms with van der Waals surface area (Å²) in [6.07, 6.45) is 2.36. The number of ketones is 2. The van der Waals surface area contributed by atoms with Gasteiger partial charge in [-0.2, -0.15) is 0 Å². The minimum absolute atomic E-state index is 0.188. The lowest BCUT2D eigenvalue weighted by Crippen LogP contribution is -2.27. The number of hydrogen-bond acceptors (Lipinski definition) is 4. The molecule has 0 radical (unpaired) electrons. The van der Waals surface area contributed by atoms with Crippen molar-refractivity contribution in [3.05, 3.63) is 59.7 Å². The van der Waals surface area contributed by atoms with Crippen LogP contribution >= 0.6 is 0 Å². The third-order valence-corrected chi connectivity index (χ3v) is 6.50. The molecule has 0 amide bonds. The fraction of sp³-hybridized carbons (Fsp3) is 0.462. The molecule has 2 aromatic rings. The highest BCUT2D eigenvalue weighted by atomic mass is 16.1. The zero-order valence-electron chi connectivity index (χ0n) is 18.1. The van der Waals surface area contributed by atoms with Gasteiger partial charge in [0.25, 0.3) is 0 Å². The van der Waals surface area contributed by atoms with Gasteiger partial charge in [-0.05, 0) is 48.9 Å². The molecule has 2 aromatic carbocycles. The van der Waals surface area contributed by atoms with Crippen molar-refractivity contribution in [2.75, 3.05) is 39.3 Å². The van der Waals surface area contributed by atoms with Crippen molar-refractivity contribution in [3.63, 3.8) is 0 Å². The Kier molecular flexibility index (Phi) is 6.45. The smallest absolute Gasteiger partial charge is 0.176 e. The minimum atomic E-state index is 0.188. The normalized spacial score (nSPS) is 22.5. The van der Waals surface area contributed by atoms with E-state index in [9.17, 15) is 9.59 Å². The first-order valence-electron chi connectivity index (χ1n) is 11.2. The summed E-state index contributed by atoms with van der Waals surface area (Å²) < 4.78 is 0. The molecule has 2 heterocycles. The monoisotopic (exact) mass is 404 g/mol. The maximum Gasteiger partial charge on any atom is 0.176 e. The molecule has 4 nitrogen and oxygen atoms in total. The Labute approximate surface area is 179 Å². The van der Waals surface area contributed by atoms with E-state index in [1.807, 2.05) is 48.5 Å². The maximum atomic E-state index is 12.6. The standard InChI is InChI=1S/C26H32N2O2/c1-19-11-13-27(15-19)17-25(29)23-7-3-21(4-8-23)22-5-9-24(10-6-22)26(30)18-28-14-12-20(2)16-28/h3-10,19-20H,11-18H2,1-2H3. The molecule has 2 atom stereocenters. The van der Waals surface area contributed by atoms with Gasteiger partial charge >= 0.3 is 0 Å². The molecule has 2 aliphatic heterocycles. The van der Waals surface area contributed by atoms with Gasteiger partial charge < -0.3 is 0 Å². The molecule has 0 aliphatic carbocycles. The van der Waals surface area contributed by atoms with E-state index in [2.05, 4.69) is 23.6 Å². The lowest BCUT2D eigenvalue weighted by atomic mass is 10.00. The summed E-state index contributed by atoms with van der Waals surface area (Å²) in [5.74, 6) is 1.75. The maximum absolute atomic E-state index is 12.6. The van der Waals surface area contributed by atoms with Crippen molar-refractivity contribution in [1.82, 2.24) is 9.80 Å².